The summed E-state index contributed by atoms with van der Waals surface area (Å²) in [6.45, 7) is 6.81. The molecule has 0 amide bonds. The molecule has 20 heteroatoms. The van der Waals surface area contributed by atoms with Crippen molar-refractivity contribution in [3.8, 4) is 0 Å². The van der Waals surface area contributed by atoms with Crippen molar-refractivity contribution >= 4 is 33.4 Å². The van der Waals surface area contributed by atoms with Gasteiger partial charge in [-0.15, -0.1) is 0 Å². The predicted molar refractivity (Wildman–Crippen MR) is 252 cm³/mol. The second-order valence-electron chi connectivity index (χ2n) is 18.2. The number of nitrogens with zero attached hydrogens (tertiary/aromatic N) is 2. The molecule has 9 atom stereocenters. The van der Waals surface area contributed by atoms with E-state index >= 15 is 0 Å². The number of phosphoric ester groups is 2. The molecule has 1 fully saturated rings. The fourth-order valence-corrected chi connectivity index (χ4v) is 9.73. The molecule has 5 unspecified atom stereocenters. The van der Waals surface area contributed by atoms with Crippen LogP contribution in [0.5, 0.6) is 0 Å². The number of aromatic nitrogens is 2. The number of hydrogen-bond donors (Lipinski definition) is 5. The maximum absolute atomic E-state index is 12.8. The van der Waals surface area contributed by atoms with E-state index in [1.54, 1.807) is 0 Å². The number of nitrogens with two attached hydrogens (primary N) is 1. The van der Waals surface area contributed by atoms with Gasteiger partial charge in [0, 0.05) is 19.0 Å². The van der Waals surface area contributed by atoms with Crippen LogP contribution in [0, 0.1) is 11.8 Å². The van der Waals surface area contributed by atoms with Crippen LogP contribution in [-0.2, 0) is 46.3 Å². The molecule has 384 valence electrons. The van der Waals surface area contributed by atoms with E-state index in [1.165, 1.54) is 102 Å². The second-order valence-corrected chi connectivity index (χ2v) is 21.2. The number of unbranched alkanes of at least 4 members (excludes halogenated alkanes) is 18. The van der Waals surface area contributed by atoms with E-state index in [0.717, 1.165) is 67.8 Å². The normalized spacial score (nSPS) is 20.6. The summed E-state index contributed by atoms with van der Waals surface area (Å²) in [6.07, 6.45) is 20.5. The lowest BCUT2D eigenvalue weighted by atomic mass is 9.99. The monoisotopic (exact) mass is 982 g/mol. The maximum Gasteiger partial charge on any atom is 0.481 e. The first kappa shape index (κ1) is 59.9. The molecule has 0 aromatic carbocycles. The lowest BCUT2D eigenvalue weighted by Crippen LogP contribution is -2.36. The highest BCUT2D eigenvalue weighted by Crippen LogP contribution is 2.60. The standard InChI is InChI=1S/C46H85N3O15P2/c1-5-36(3)27-23-19-15-11-7-9-13-17-21-25-29-41(50)59-33-38(62-42(51)30-26-22-18-14-10-8-12-16-20-24-28-37(4)6-2)34-60-65(55,56)64-66(57,58)61-35-39-43(52)44(53)45(63-39)49-32-31-40(47)48-46(49)54/h31-32,36-39,43-45,52-53H,5-30,33-35H2,1-4H3,(H,55,56)(H,57,58)(H2,47,48,54)/t36?,37?,38-,39-,43+,44?,45-/m1/s1. The van der Waals surface area contributed by atoms with Gasteiger partial charge in [0.25, 0.3) is 0 Å². The summed E-state index contributed by atoms with van der Waals surface area (Å²) in [4.78, 5) is 61.8. The summed E-state index contributed by atoms with van der Waals surface area (Å²) in [5, 5.41) is 20.9. The minimum Gasteiger partial charge on any atom is -0.462 e. The van der Waals surface area contributed by atoms with Crippen LogP contribution in [0.3, 0.4) is 0 Å². The molecule has 0 spiro atoms. The fraction of sp³-hybridized carbons (Fsp3) is 0.870. The molecule has 0 radical (unpaired) electrons. The molecule has 0 bridgehead atoms. The van der Waals surface area contributed by atoms with E-state index in [2.05, 4.69) is 37.0 Å². The van der Waals surface area contributed by atoms with Gasteiger partial charge in [0.2, 0.25) is 0 Å². The fourth-order valence-electron chi connectivity index (χ4n) is 7.62. The Labute approximate surface area is 393 Å². The van der Waals surface area contributed by atoms with Crippen LogP contribution < -0.4 is 11.4 Å². The molecular weight excluding hydrogens is 896 g/mol. The average Bonchev–Trinajstić information content (AvgIpc) is 3.55. The molecule has 1 aliphatic heterocycles. The Morgan fingerprint density at radius 2 is 1.17 bits per heavy atom. The number of carbonyl (C=O) groups excluding carboxylic acids is 2. The summed E-state index contributed by atoms with van der Waals surface area (Å²) in [5.41, 5.74) is 4.59. The molecule has 1 aliphatic rings. The first-order chi connectivity index (χ1) is 31.5. The molecule has 0 aliphatic carbocycles. The highest BCUT2D eigenvalue weighted by atomic mass is 31.3. The summed E-state index contributed by atoms with van der Waals surface area (Å²) in [7, 11) is -10.8. The van der Waals surface area contributed by atoms with Crippen molar-refractivity contribution < 1.29 is 66.3 Å². The molecule has 2 heterocycles. The van der Waals surface area contributed by atoms with E-state index in [0.29, 0.717) is 12.8 Å². The van der Waals surface area contributed by atoms with Gasteiger partial charge in [0.05, 0.1) is 13.2 Å². The first-order valence-corrected chi connectivity index (χ1v) is 27.8. The number of phosphoric acid groups is 2. The van der Waals surface area contributed by atoms with Crippen molar-refractivity contribution in [1.29, 1.82) is 0 Å². The number of rotatable bonds is 40. The summed E-state index contributed by atoms with van der Waals surface area (Å²) in [5.74, 6) is 0.324. The average molecular weight is 982 g/mol. The number of aliphatic hydroxyl groups excluding tert-OH is 2. The van der Waals surface area contributed by atoms with Gasteiger partial charge in [-0.3, -0.25) is 23.2 Å². The van der Waals surface area contributed by atoms with Crippen LogP contribution in [0.2, 0.25) is 0 Å². The van der Waals surface area contributed by atoms with Crippen molar-refractivity contribution in [2.45, 2.75) is 225 Å². The molecule has 66 heavy (non-hydrogen) atoms. The zero-order chi connectivity index (χ0) is 48.8. The van der Waals surface area contributed by atoms with Gasteiger partial charge in [0.1, 0.15) is 30.7 Å². The molecule has 18 nitrogen and oxygen atoms in total. The van der Waals surface area contributed by atoms with E-state index in [9.17, 15) is 43.5 Å². The SMILES string of the molecule is CCC(C)CCCCCCCCCCCCC(=O)OC[C@H](COP(=O)(O)OP(=O)(O)OC[C@H]1O[C@@H](n2ccc(N)nc2=O)C(O)[C@H]1O)OC(=O)CCCCCCCCCCCCC(C)CC. The number of anilines is 1. The van der Waals surface area contributed by atoms with E-state index in [4.69, 9.17) is 29.0 Å². The van der Waals surface area contributed by atoms with Crippen LogP contribution in [0.4, 0.5) is 5.82 Å². The van der Waals surface area contributed by atoms with Gasteiger partial charge in [0.15, 0.2) is 12.3 Å². The summed E-state index contributed by atoms with van der Waals surface area (Å²) >= 11 is 0. The van der Waals surface area contributed by atoms with Gasteiger partial charge >= 0.3 is 33.3 Å². The highest BCUT2D eigenvalue weighted by Gasteiger charge is 2.46. The number of carbonyl (C=O) groups is 2. The smallest absolute Gasteiger partial charge is 0.462 e. The topological polar surface area (TPSA) is 265 Å². The number of esters is 2. The third-order valence-corrected chi connectivity index (χ3v) is 14.9. The number of nitrogen functional groups attached to an aromatic ring is 1. The molecule has 1 aromatic heterocycles. The Hall–Kier alpha value is -2.24. The van der Waals surface area contributed by atoms with Crippen LogP contribution >= 0.6 is 15.6 Å². The van der Waals surface area contributed by atoms with Crippen LogP contribution in [-0.4, -0.2) is 85.7 Å². The van der Waals surface area contributed by atoms with Gasteiger partial charge < -0.3 is 39.9 Å². The number of ether oxygens (including phenoxy) is 3. The lowest BCUT2D eigenvalue weighted by Gasteiger charge is -2.21. The Morgan fingerprint density at radius 3 is 1.65 bits per heavy atom. The third kappa shape index (κ3) is 27.1. The minimum atomic E-state index is -5.42. The highest BCUT2D eigenvalue weighted by molar-refractivity contribution is 7.61. The zero-order valence-corrected chi connectivity index (χ0v) is 42.1. The quantitative estimate of drug-likeness (QED) is 0.0233. The van der Waals surface area contributed by atoms with Gasteiger partial charge in [-0.1, -0.05) is 169 Å². The van der Waals surface area contributed by atoms with E-state index in [-0.39, 0.29) is 18.7 Å². The molecular formula is C46H85N3O15P2. The first-order valence-electron chi connectivity index (χ1n) is 24.8. The Morgan fingerprint density at radius 1 is 0.712 bits per heavy atom. The molecule has 1 aromatic rings. The molecule has 1 saturated heterocycles. The van der Waals surface area contributed by atoms with Gasteiger partial charge in [-0.25, -0.2) is 13.9 Å². The third-order valence-electron chi connectivity index (χ3n) is 12.3. The van der Waals surface area contributed by atoms with Crippen LogP contribution in [0.15, 0.2) is 17.1 Å². The van der Waals surface area contributed by atoms with Crippen molar-refractivity contribution in [2.75, 3.05) is 25.6 Å². The summed E-state index contributed by atoms with van der Waals surface area (Å²) in [6, 6.07) is 1.25. The Balaban J connectivity index is 1.81. The van der Waals surface area contributed by atoms with Crippen LogP contribution in [0.25, 0.3) is 0 Å². The second kappa shape index (κ2) is 34.1. The lowest BCUT2D eigenvalue weighted by molar-refractivity contribution is -0.161. The van der Waals surface area contributed by atoms with Crippen LogP contribution in [0.1, 0.15) is 201 Å². The number of aliphatic hydroxyl groups is 2. The Bertz CT molecular complexity index is 1640. The summed E-state index contributed by atoms with van der Waals surface area (Å²) < 4.78 is 56.8. The van der Waals surface area contributed by atoms with Gasteiger partial charge in [-0.05, 0) is 30.7 Å². The minimum absolute atomic E-state index is 0.0555. The largest absolute Gasteiger partial charge is 0.481 e. The van der Waals surface area contributed by atoms with Gasteiger partial charge in [-0.2, -0.15) is 9.29 Å². The van der Waals surface area contributed by atoms with E-state index < -0.39 is 83.7 Å². The van der Waals surface area contributed by atoms with Crippen molar-refractivity contribution in [1.82, 2.24) is 9.55 Å². The van der Waals surface area contributed by atoms with E-state index in [1.807, 2.05) is 0 Å². The van der Waals surface area contributed by atoms with Crippen molar-refractivity contribution in [2.24, 2.45) is 11.8 Å². The zero-order valence-electron chi connectivity index (χ0n) is 40.3. The molecule has 6 N–H and O–H groups in total. The Kier molecular flexibility index (Phi) is 31.0. The molecule has 0 saturated carbocycles. The molecule has 2 rings (SSSR count). The number of hydrogen-bond acceptors (Lipinski definition) is 15. The van der Waals surface area contributed by atoms with Crippen molar-refractivity contribution in [3.63, 3.8) is 0 Å². The maximum atomic E-state index is 12.8. The van der Waals surface area contributed by atoms with Crippen molar-refractivity contribution in [3.05, 3.63) is 22.7 Å². The predicted octanol–water partition coefficient (Wildman–Crippen LogP) is 9.60.